The number of thiocarbonyl (C=S) groups is 1. The molecule has 0 spiro atoms. The Morgan fingerprint density at radius 2 is 2.43 bits per heavy atom. The van der Waals surface area contributed by atoms with E-state index in [-0.39, 0.29) is 0 Å². The number of fused-ring (bicyclic) bond motifs is 1. The molecule has 1 N–H and O–H groups in total. The molecular formula is C15H14ClN5S2. The van der Waals surface area contributed by atoms with Crippen molar-refractivity contribution in [1.29, 1.82) is 0 Å². The fraction of sp³-hybridized carbons (Fsp3) is 0.133. The highest BCUT2D eigenvalue weighted by atomic mass is 35.5. The van der Waals surface area contributed by atoms with Crippen LogP contribution in [0.4, 0.5) is 0 Å². The third-order valence-corrected chi connectivity index (χ3v) is 4.53. The Morgan fingerprint density at radius 3 is 3.13 bits per heavy atom. The fourth-order valence-corrected chi connectivity index (χ4v) is 3.20. The van der Waals surface area contributed by atoms with Gasteiger partial charge in [-0.1, -0.05) is 29.9 Å². The second kappa shape index (κ2) is 7.08. The van der Waals surface area contributed by atoms with Gasteiger partial charge < -0.3 is 14.7 Å². The first-order valence-electron chi connectivity index (χ1n) is 6.84. The predicted molar refractivity (Wildman–Crippen MR) is 99.3 cm³/mol. The van der Waals surface area contributed by atoms with Crippen LogP contribution in [0.25, 0.3) is 5.65 Å². The zero-order valence-corrected chi connectivity index (χ0v) is 14.7. The van der Waals surface area contributed by atoms with Gasteiger partial charge in [0.05, 0.1) is 12.0 Å². The van der Waals surface area contributed by atoms with Crippen molar-refractivity contribution in [2.24, 2.45) is 5.10 Å². The molecule has 118 valence electrons. The Balaban J connectivity index is 1.98. The van der Waals surface area contributed by atoms with Gasteiger partial charge in [0.25, 0.3) is 0 Å². The number of nitrogens with zero attached hydrogens (tertiary/aromatic N) is 4. The monoisotopic (exact) mass is 363 g/mol. The molecule has 0 unspecified atom stereocenters. The summed E-state index contributed by atoms with van der Waals surface area (Å²) in [6, 6.07) is 7.71. The Hall–Kier alpha value is -1.96. The van der Waals surface area contributed by atoms with Crippen LogP contribution in [0.15, 0.2) is 47.1 Å². The van der Waals surface area contributed by atoms with E-state index in [1.165, 1.54) is 4.88 Å². The van der Waals surface area contributed by atoms with Gasteiger partial charge in [-0.15, -0.1) is 11.3 Å². The number of amidine groups is 1. The number of hydrazone groups is 1. The summed E-state index contributed by atoms with van der Waals surface area (Å²) in [5, 5.41) is 7.04. The Labute approximate surface area is 148 Å². The van der Waals surface area contributed by atoms with Gasteiger partial charge >= 0.3 is 0 Å². The zero-order chi connectivity index (χ0) is 16.2. The van der Waals surface area contributed by atoms with Crippen LogP contribution < -0.4 is 5.43 Å². The van der Waals surface area contributed by atoms with Crippen molar-refractivity contribution in [2.45, 2.75) is 6.54 Å². The molecule has 0 aliphatic heterocycles. The molecule has 3 heterocycles. The van der Waals surface area contributed by atoms with Crippen molar-refractivity contribution in [3.8, 4) is 0 Å². The molecule has 0 aromatic carbocycles. The van der Waals surface area contributed by atoms with Crippen molar-refractivity contribution in [2.75, 3.05) is 7.05 Å². The Morgan fingerprint density at radius 1 is 1.57 bits per heavy atom. The van der Waals surface area contributed by atoms with Crippen molar-refractivity contribution in [3.63, 3.8) is 0 Å². The molecule has 5 nitrogen and oxygen atoms in total. The molecule has 0 radical (unpaired) electrons. The lowest BCUT2D eigenvalue weighted by Gasteiger charge is -2.18. The maximum atomic E-state index is 6.03. The summed E-state index contributed by atoms with van der Waals surface area (Å²) in [6.45, 7) is 0.649. The fourth-order valence-electron chi connectivity index (χ4n) is 2.17. The average Bonchev–Trinajstić information content (AvgIpc) is 3.19. The number of hydrogen-bond donors (Lipinski definition) is 1. The van der Waals surface area contributed by atoms with E-state index in [2.05, 4.69) is 21.6 Å². The van der Waals surface area contributed by atoms with Crippen molar-refractivity contribution < 1.29 is 0 Å². The summed E-state index contributed by atoms with van der Waals surface area (Å²) < 4.78 is 1.90. The first kappa shape index (κ1) is 15.9. The van der Waals surface area contributed by atoms with Crippen LogP contribution in [0.2, 0.25) is 5.02 Å². The van der Waals surface area contributed by atoms with E-state index in [4.69, 9.17) is 23.8 Å². The molecule has 0 amide bonds. The SMILES string of the molecule is CN/N=C(/c1cn2ccc(Cl)cc2n1)N(C=S)Cc1cccs1. The molecule has 0 saturated heterocycles. The van der Waals surface area contributed by atoms with Crippen LogP contribution in [0, 0.1) is 0 Å². The number of pyridine rings is 1. The van der Waals surface area contributed by atoms with Crippen LogP contribution >= 0.6 is 35.2 Å². The molecule has 23 heavy (non-hydrogen) atoms. The lowest BCUT2D eigenvalue weighted by Crippen LogP contribution is -2.31. The quantitative estimate of drug-likeness (QED) is 0.326. The largest absolute Gasteiger partial charge is 0.315 e. The standard InChI is InChI=1S/C15H14ClN5S2/c1-17-19-15(21(10-22)8-12-3-2-6-23-12)13-9-20-5-4-11(16)7-14(20)18-13/h2-7,9-10,17H,8H2,1H3/b19-15-. The summed E-state index contributed by atoms with van der Waals surface area (Å²) in [7, 11) is 1.75. The average molecular weight is 364 g/mol. The molecular weight excluding hydrogens is 350 g/mol. The number of aromatic nitrogens is 2. The van der Waals surface area contributed by atoms with Gasteiger partial charge in [0.2, 0.25) is 0 Å². The second-order valence-electron chi connectivity index (χ2n) is 4.71. The Kier molecular flexibility index (Phi) is 4.90. The van der Waals surface area contributed by atoms with Crippen LogP contribution in [-0.4, -0.2) is 32.7 Å². The third-order valence-electron chi connectivity index (χ3n) is 3.17. The molecule has 0 atom stereocenters. The summed E-state index contributed by atoms with van der Waals surface area (Å²) in [4.78, 5) is 7.68. The minimum atomic E-state index is 0.645. The molecule has 0 aliphatic carbocycles. The van der Waals surface area contributed by atoms with Gasteiger partial charge in [-0.2, -0.15) is 5.10 Å². The van der Waals surface area contributed by atoms with E-state index >= 15 is 0 Å². The van der Waals surface area contributed by atoms with E-state index in [1.807, 2.05) is 45.3 Å². The molecule has 0 aliphatic rings. The van der Waals surface area contributed by atoms with Crippen LogP contribution in [0.5, 0.6) is 0 Å². The summed E-state index contributed by atoms with van der Waals surface area (Å²) in [6.07, 6.45) is 3.77. The Bertz CT molecular complexity index is 841. The molecule has 3 aromatic rings. The van der Waals surface area contributed by atoms with Gasteiger partial charge in [0.15, 0.2) is 5.84 Å². The van der Waals surface area contributed by atoms with E-state index in [0.717, 1.165) is 11.3 Å². The van der Waals surface area contributed by atoms with Gasteiger partial charge in [-0.3, -0.25) is 0 Å². The van der Waals surface area contributed by atoms with Crippen LogP contribution in [0.1, 0.15) is 10.6 Å². The van der Waals surface area contributed by atoms with Crippen LogP contribution in [0.3, 0.4) is 0 Å². The minimum Gasteiger partial charge on any atom is -0.315 e. The number of halogens is 1. The van der Waals surface area contributed by atoms with Gasteiger partial charge in [0.1, 0.15) is 11.3 Å². The van der Waals surface area contributed by atoms with Gasteiger partial charge in [0, 0.05) is 35.4 Å². The smallest absolute Gasteiger partial charge is 0.180 e. The second-order valence-corrected chi connectivity index (χ2v) is 6.39. The van der Waals surface area contributed by atoms with Crippen molar-refractivity contribution in [1.82, 2.24) is 19.7 Å². The maximum Gasteiger partial charge on any atom is 0.180 e. The molecule has 8 heteroatoms. The van der Waals surface area contributed by atoms with E-state index in [0.29, 0.717) is 17.4 Å². The van der Waals surface area contributed by atoms with E-state index in [1.54, 1.807) is 23.9 Å². The number of imidazole rings is 1. The third kappa shape index (κ3) is 3.52. The molecule has 3 rings (SSSR count). The normalized spacial score (nSPS) is 11.7. The highest BCUT2D eigenvalue weighted by Gasteiger charge is 2.16. The first-order valence-corrected chi connectivity index (χ1v) is 8.57. The number of hydrogen-bond acceptors (Lipinski definition) is 5. The zero-order valence-electron chi connectivity index (χ0n) is 12.3. The van der Waals surface area contributed by atoms with Gasteiger partial charge in [-0.05, 0) is 17.5 Å². The predicted octanol–water partition coefficient (Wildman–Crippen LogP) is 3.39. The topological polar surface area (TPSA) is 44.9 Å². The number of nitrogens with one attached hydrogen (secondary N) is 1. The summed E-state index contributed by atoms with van der Waals surface area (Å²) >= 11 is 12.9. The summed E-state index contributed by atoms with van der Waals surface area (Å²) in [5.41, 5.74) is 5.90. The highest BCUT2D eigenvalue weighted by Crippen LogP contribution is 2.16. The van der Waals surface area contributed by atoms with Crippen molar-refractivity contribution in [3.05, 3.63) is 57.6 Å². The van der Waals surface area contributed by atoms with E-state index < -0.39 is 0 Å². The van der Waals surface area contributed by atoms with Crippen LogP contribution in [-0.2, 0) is 6.54 Å². The highest BCUT2D eigenvalue weighted by molar-refractivity contribution is 7.78. The van der Waals surface area contributed by atoms with Crippen molar-refractivity contribution >= 4 is 52.1 Å². The minimum absolute atomic E-state index is 0.645. The van der Waals surface area contributed by atoms with E-state index in [9.17, 15) is 0 Å². The first-order chi connectivity index (χ1) is 11.2. The maximum absolute atomic E-state index is 6.03. The van der Waals surface area contributed by atoms with Gasteiger partial charge in [-0.25, -0.2) is 4.98 Å². The molecule has 0 bridgehead atoms. The lowest BCUT2D eigenvalue weighted by atomic mass is 10.3. The molecule has 0 saturated carbocycles. The summed E-state index contributed by atoms with van der Waals surface area (Å²) in [5.74, 6) is 0.663. The molecule has 0 fully saturated rings. The number of thiophene rings is 1. The number of rotatable bonds is 5. The molecule has 3 aromatic heterocycles. The lowest BCUT2D eigenvalue weighted by molar-refractivity contribution is 0.626.